The summed E-state index contributed by atoms with van der Waals surface area (Å²) in [6.45, 7) is 4.49. The third-order valence-corrected chi connectivity index (χ3v) is 8.73. The van der Waals surface area contributed by atoms with Crippen LogP contribution in [0.3, 0.4) is 0 Å². The molecule has 25 heavy (non-hydrogen) atoms. The summed E-state index contributed by atoms with van der Waals surface area (Å²) in [7, 11) is 0. The lowest BCUT2D eigenvalue weighted by Crippen LogP contribution is -2.55. The van der Waals surface area contributed by atoms with Crippen molar-refractivity contribution in [2.45, 2.75) is 77.2 Å². The number of aliphatic hydroxyl groups is 1. The second-order valence-corrected chi connectivity index (χ2v) is 9.57. The van der Waals surface area contributed by atoms with E-state index < -0.39 is 11.6 Å². The number of fused-ring (bicyclic) bond motifs is 5. The molecule has 0 saturated heterocycles. The van der Waals surface area contributed by atoms with E-state index in [1.54, 1.807) is 0 Å². The van der Waals surface area contributed by atoms with Gasteiger partial charge in [-0.15, -0.1) is 0 Å². The predicted molar refractivity (Wildman–Crippen MR) is 93.9 cm³/mol. The standard InChI is InChI=1S/C21H30O4/c1-19-8-5-14(22)11-13(19)3-4-15-16(19)6-9-20(2)17(15)7-10-21(20,25)12-18(23)24/h11,15-17,25H,3-10,12H2,1-2H3,(H,23,24). The van der Waals surface area contributed by atoms with E-state index in [9.17, 15) is 19.8 Å². The predicted octanol–water partition coefficient (Wildman–Crippen LogP) is 3.72. The van der Waals surface area contributed by atoms with Gasteiger partial charge in [0.15, 0.2) is 5.78 Å². The average molecular weight is 346 g/mol. The highest BCUT2D eigenvalue weighted by Gasteiger charge is 2.64. The van der Waals surface area contributed by atoms with Crippen molar-refractivity contribution in [1.29, 1.82) is 0 Å². The van der Waals surface area contributed by atoms with E-state index in [-0.39, 0.29) is 23.0 Å². The fraction of sp³-hybridized carbons (Fsp3) is 0.810. The maximum absolute atomic E-state index is 11.9. The van der Waals surface area contributed by atoms with Crippen LogP contribution in [0, 0.1) is 28.6 Å². The molecule has 4 rings (SSSR count). The molecule has 4 aliphatic carbocycles. The lowest BCUT2D eigenvalue weighted by Gasteiger charge is -2.59. The number of rotatable bonds is 2. The monoisotopic (exact) mass is 346 g/mol. The number of hydrogen-bond donors (Lipinski definition) is 2. The summed E-state index contributed by atoms with van der Waals surface area (Å²) in [6.07, 6.45) is 8.99. The molecule has 0 aliphatic heterocycles. The molecule has 6 atom stereocenters. The minimum absolute atomic E-state index is 0.131. The number of carboxylic acid groups (broad SMARTS) is 1. The molecule has 0 aromatic heterocycles. The Kier molecular flexibility index (Phi) is 3.74. The molecule has 2 N–H and O–H groups in total. The van der Waals surface area contributed by atoms with E-state index in [1.807, 2.05) is 6.08 Å². The van der Waals surface area contributed by atoms with Gasteiger partial charge in [-0.25, -0.2) is 0 Å². The molecular formula is C21H30O4. The van der Waals surface area contributed by atoms with Gasteiger partial charge in [0.25, 0.3) is 0 Å². The topological polar surface area (TPSA) is 74.6 Å². The van der Waals surface area contributed by atoms with Gasteiger partial charge in [0.1, 0.15) is 0 Å². The Morgan fingerprint density at radius 1 is 1.12 bits per heavy atom. The zero-order chi connectivity index (χ0) is 18.0. The maximum atomic E-state index is 11.9. The molecule has 3 fully saturated rings. The number of aliphatic carboxylic acids is 1. The summed E-state index contributed by atoms with van der Waals surface area (Å²) in [4.78, 5) is 23.2. The van der Waals surface area contributed by atoms with Gasteiger partial charge in [-0.2, -0.15) is 0 Å². The second kappa shape index (κ2) is 5.42. The molecule has 0 spiro atoms. The summed E-state index contributed by atoms with van der Waals surface area (Å²) in [6, 6.07) is 0. The molecule has 4 aliphatic rings. The first kappa shape index (κ1) is 17.3. The van der Waals surface area contributed by atoms with Gasteiger partial charge < -0.3 is 10.2 Å². The van der Waals surface area contributed by atoms with Crippen molar-refractivity contribution in [3.8, 4) is 0 Å². The van der Waals surface area contributed by atoms with Crippen LogP contribution in [-0.4, -0.2) is 27.6 Å². The molecule has 0 aromatic rings. The lowest BCUT2D eigenvalue weighted by molar-refractivity contribution is -0.158. The van der Waals surface area contributed by atoms with Crippen LogP contribution in [-0.2, 0) is 9.59 Å². The highest BCUT2D eigenvalue weighted by molar-refractivity contribution is 5.91. The van der Waals surface area contributed by atoms with Crippen molar-refractivity contribution < 1.29 is 19.8 Å². The van der Waals surface area contributed by atoms with E-state index in [0.29, 0.717) is 30.6 Å². The van der Waals surface area contributed by atoms with E-state index >= 15 is 0 Å². The molecule has 0 amide bonds. The van der Waals surface area contributed by atoms with Crippen LogP contribution < -0.4 is 0 Å². The van der Waals surface area contributed by atoms with E-state index in [0.717, 1.165) is 38.5 Å². The highest BCUT2D eigenvalue weighted by atomic mass is 16.4. The first-order valence-corrected chi connectivity index (χ1v) is 9.88. The van der Waals surface area contributed by atoms with Gasteiger partial charge in [-0.1, -0.05) is 19.4 Å². The molecular weight excluding hydrogens is 316 g/mol. The fourth-order valence-corrected chi connectivity index (χ4v) is 7.21. The van der Waals surface area contributed by atoms with Crippen LogP contribution in [0.15, 0.2) is 11.6 Å². The number of hydrogen-bond acceptors (Lipinski definition) is 3. The molecule has 138 valence electrons. The summed E-state index contributed by atoms with van der Waals surface area (Å²) >= 11 is 0. The summed E-state index contributed by atoms with van der Waals surface area (Å²) in [5, 5.41) is 20.5. The van der Waals surface area contributed by atoms with Gasteiger partial charge in [0, 0.05) is 6.42 Å². The normalized spacial score (nSPS) is 49.0. The average Bonchev–Trinajstić information content (AvgIpc) is 2.79. The Morgan fingerprint density at radius 3 is 2.56 bits per heavy atom. The Morgan fingerprint density at radius 2 is 1.84 bits per heavy atom. The van der Waals surface area contributed by atoms with Crippen molar-refractivity contribution in [2.24, 2.45) is 28.6 Å². The first-order valence-electron chi connectivity index (χ1n) is 9.88. The maximum Gasteiger partial charge on any atom is 0.306 e. The Balaban J connectivity index is 1.66. The van der Waals surface area contributed by atoms with Gasteiger partial charge in [-0.05, 0) is 79.6 Å². The Labute approximate surface area is 149 Å². The van der Waals surface area contributed by atoms with Crippen LogP contribution in [0.2, 0.25) is 0 Å². The largest absolute Gasteiger partial charge is 0.481 e. The molecule has 0 radical (unpaired) electrons. The second-order valence-electron chi connectivity index (χ2n) is 9.57. The van der Waals surface area contributed by atoms with Crippen LogP contribution in [0.5, 0.6) is 0 Å². The third kappa shape index (κ3) is 2.29. The summed E-state index contributed by atoms with van der Waals surface area (Å²) < 4.78 is 0. The number of allylic oxidation sites excluding steroid dienone is 1. The highest BCUT2D eigenvalue weighted by Crippen LogP contribution is 2.67. The molecule has 0 heterocycles. The summed E-state index contributed by atoms with van der Waals surface area (Å²) in [5.74, 6) is 0.927. The number of carbonyl (C=O) groups excluding carboxylic acids is 1. The SMILES string of the molecule is CC12CCC(=O)C=C1CCC1C2CCC2(C)C1CCC2(O)CC(=O)O. The van der Waals surface area contributed by atoms with E-state index in [1.165, 1.54) is 5.57 Å². The van der Waals surface area contributed by atoms with Crippen LogP contribution in [0.4, 0.5) is 0 Å². The quantitative estimate of drug-likeness (QED) is 0.799. The third-order valence-electron chi connectivity index (χ3n) is 8.73. The van der Waals surface area contributed by atoms with Gasteiger partial charge >= 0.3 is 5.97 Å². The van der Waals surface area contributed by atoms with Gasteiger partial charge in [0.05, 0.1) is 12.0 Å². The zero-order valence-corrected chi connectivity index (χ0v) is 15.4. The minimum Gasteiger partial charge on any atom is -0.481 e. The first-order chi connectivity index (χ1) is 11.7. The van der Waals surface area contributed by atoms with Crippen molar-refractivity contribution in [2.75, 3.05) is 0 Å². The van der Waals surface area contributed by atoms with E-state index in [4.69, 9.17) is 0 Å². The van der Waals surface area contributed by atoms with E-state index in [2.05, 4.69) is 13.8 Å². The smallest absolute Gasteiger partial charge is 0.306 e. The van der Waals surface area contributed by atoms with Crippen molar-refractivity contribution in [3.63, 3.8) is 0 Å². The Hall–Kier alpha value is -1.16. The van der Waals surface area contributed by atoms with Gasteiger partial charge in [-0.3, -0.25) is 9.59 Å². The van der Waals surface area contributed by atoms with Crippen LogP contribution in [0.1, 0.15) is 71.6 Å². The van der Waals surface area contributed by atoms with Crippen LogP contribution >= 0.6 is 0 Å². The number of carbonyl (C=O) groups is 2. The van der Waals surface area contributed by atoms with Crippen molar-refractivity contribution in [3.05, 3.63) is 11.6 Å². The summed E-state index contributed by atoms with van der Waals surface area (Å²) in [5.41, 5.74) is 0.140. The minimum atomic E-state index is -1.06. The molecule has 6 unspecified atom stereocenters. The van der Waals surface area contributed by atoms with Crippen molar-refractivity contribution >= 4 is 11.8 Å². The van der Waals surface area contributed by atoms with Crippen molar-refractivity contribution in [1.82, 2.24) is 0 Å². The molecule has 4 heteroatoms. The van der Waals surface area contributed by atoms with Crippen LogP contribution in [0.25, 0.3) is 0 Å². The molecule has 4 nitrogen and oxygen atoms in total. The molecule has 0 bridgehead atoms. The number of carboxylic acids is 1. The number of ketones is 1. The van der Waals surface area contributed by atoms with Gasteiger partial charge in [0.2, 0.25) is 0 Å². The fourth-order valence-electron chi connectivity index (χ4n) is 7.21. The molecule has 0 aromatic carbocycles. The molecule has 3 saturated carbocycles. The Bertz CT molecular complexity index is 652. The lowest BCUT2D eigenvalue weighted by atomic mass is 9.46. The zero-order valence-electron chi connectivity index (χ0n) is 15.4.